The van der Waals surface area contributed by atoms with Crippen LogP contribution in [0.3, 0.4) is 0 Å². The topological polar surface area (TPSA) is 106 Å². The third-order valence-corrected chi connectivity index (χ3v) is 4.29. The van der Waals surface area contributed by atoms with E-state index in [1.807, 2.05) is 35.7 Å². The van der Waals surface area contributed by atoms with E-state index in [-0.39, 0.29) is 12.3 Å². The highest BCUT2D eigenvalue weighted by Crippen LogP contribution is 2.19. The number of carbonyl (C=O) groups excluding carboxylic acids is 1. The van der Waals surface area contributed by atoms with Crippen LogP contribution in [0, 0.1) is 0 Å². The van der Waals surface area contributed by atoms with Gasteiger partial charge in [-0.3, -0.25) is 4.79 Å². The summed E-state index contributed by atoms with van der Waals surface area (Å²) >= 11 is 1.36. The average molecular weight is 356 g/mol. The zero-order valence-electron chi connectivity index (χ0n) is 13.7. The summed E-state index contributed by atoms with van der Waals surface area (Å²) in [5.41, 5.74) is 8.04. The Labute approximate surface area is 149 Å². The summed E-state index contributed by atoms with van der Waals surface area (Å²) in [6, 6.07) is 9.66. The minimum atomic E-state index is -0.337. The predicted octanol–water partition coefficient (Wildman–Crippen LogP) is 1.71. The number of fused-ring (bicyclic) bond motifs is 1. The number of nitrogens with one attached hydrogen (secondary N) is 2. The van der Waals surface area contributed by atoms with E-state index in [2.05, 4.69) is 25.2 Å². The molecule has 0 saturated carbocycles. The van der Waals surface area contributed by atoms with E-state index >= 15 is 0 Å². The molecule has 2 aromatic heterocycles. The first-order chi connectivity index (χ1) is 12.2. The van der Waals surface area contributed by atoms with E-state index in [4.69, 9.17) is 5.73 Å². The molecule has 25 heavy (non-hydrogen) atoms. The Bertz CT molecular complexity index is 836. The first kappa shape index (κ1) is 17.2. The summed E-state index contributed by atoms with van der Waals surface area (Å²) in [6.45, 7) is 2.45. The zero-order valence-corrected chi connectivity index (χ0v) is 14.6. The van der Waals surface area contributed by atoms with Gasteiger partial charge in [-0.2, -0.15) is 0 Å². The third kappa shape index (κ3) is 4.94. The molecule has 4 N–H and O–H groups in total. The molecule has 0 radical (unpaired) electrons. The van der Waals surface area contributed by atoms with Crippen LogP contribution in [0.4, 0.5) is 5.82 Å². The number of hydrogen-bond donors (Lipinski definition) is 3. The molecule has 1 aromatic carbocycles. The predicted molar refractivity (Wildman–Crippen MR) is 99.4 cm³/mol. The zero-order chi connectivity index (χ0) is 17.5. The molecule has 0 bridgehead atoms. The number of nitrogens with zero attached hydrogens (tertiary/aromatic N) is 3. The molecule has 0 spiro atoms. The summed E-state index contributed by atoms with van der Waals surface area (Å²) in [5.74, 6) is 0.489. The number of rotatable bonds is 9. The SMILES string of the molecule is NC(=O)Cc1cccc2nc(NCCCNCc3csnn3)ccc12. The molecule has 0 fully saturated rings. The van der Waals surface area contributed by atoms with Crippen LogP contribution in [-0.4, -0.2) is 33.6 Å². The molecule has 0 atom stereocenters. The highest BCUT2D eigenvalue weighted by atomic mass is 32.1. The molecule has 0 aliphatic heterocycles. The van der Waals surface area contributed by atoms with Crippen molar-refractivity contribution in [3.8, 4) is 0 Å². The molecular weight excluding hydrogens is 336 g/mol. The highest BCUT2D eigenvalue weighted by Gasteiger charge is 2.05. The van der Waals surface area contributed by atoms with Crippen LogP contribution in [0.25, 0.3) is 10.9 Å². The van der Waals surface area contributed by atoms with Crippen LogP contribution in [0.5, 0.6) is 0 Å². The normalized spacial score (nSPS) is 10.9. The number of anilines is 1. The molecule has 0 aliphatic rings. The smallest absolute Gasteiger partial charge is 0.221 e. The second kappa shape index (κ2) is 8.50. The molecule has 3 rings (SSSR count). The van der Waals surface area contributed by atoms with E-state index in [9.17, 15) is 4.79 Å². The molecule has 1 amide bonds. The first-order valence-electron chi connectivity index (χ1n) is 8.10. The van der Waals surface area contributed by atoms with Crippen molar-refractivity contribution in [2.75, 3.05) is 18.4 Å². The fourth-order valence-corrected chi connectivity index (χ4v) is 3.02. The van der Waals surface area contributed by atoms with Crippen molar-refractivity contribution in [2.45, 2.75) is 19.4 Å². The average Bonchev–Trinajstić information content (AvgIpc) is 3.11. The number of aromatic nitrogens is 3. The Morgan fingerprint density at radius 3 is 2.92 bits per heavy atom. The van der Waals surface area contributed by atoms with Crippen molar-refractivity contribution in [3.05, 3.63) is 47.0 Å². The van der Waals surface area contributed by atoms with Crippen LogP contribution < -0.4 is 16.4 Å². The van der Waals surface area contributed by atoms with Crippen molar-refractivity contribution in [3.63, 3.8) is 0 Å². The lowest BCUT2D eigenvalue weighted by Gasteiger charge is -2.09. The van der Waals surface area contributed by atoms with Crippen molar-refractivity contribution in [1.82, 2.24) is 19.9 Å². The molecule has 3 aromatic rings. The molecule has 0 saturated heterocycles. The standard InChI is InChI=1S/C17H20N6OS/c18-16(24)9-12-3-1-4-15-14(12)5-6-17(21-15)20-8-2-7-19-10-13-11-25-23-22-13/h1,3-6,11,19H,2,7-10H2,(H2,18,24)(H,20,21). The van der Waals surface area contributed by atoms with Gasteiger partial charge in [0.1, 0.15) is 5.82 Å². The van der Waals surface area contributed by atoms with Gasteiger partial charge in [0.25, 0.3) is 0 Å². The number of primary amides is 1. The van der Waals surface area contributed by atoms with Crippen molar-refractivity contribution >= 4 is 34.2 Å². The molecule has 130 valence electrons. The van der Waals surface area contributed by atoms with Gasteiger partial charge < -0.3 is 16.4 Å². The van der Waals surface area contributed by atoms with Gasteiger partial charge in [-0.25, -0.2) is 4.98 Å². The second-order valence-corrected chi connectivity index (χ2v) is 6.29. The fourth-order valence-electron chi connectivity index (χ4n) is 2.57. The highest BCUT2D eigenvalue weighted by molar-refractivity contribution is 7.03. The van der Waals surface area contributed by atoms with Gasteiger partial charge in [-0.15, -0.1) is 5.10 Å². The maximum Gasteiger partial charge on any atom is 0.221 e. The summed E-state index contributed by atoms with van der Waals surface area (Å²) < 4.78 is 3.83. The van der Waals surface area contributed by atoms with Crippen LogP contribution in [-0.2, 0) is 17.8 Å². The van der Waals surface area contributed by atoms with Gasteiger partial charge >= 0.3 is 0 Å². The largest absolute Gasteiger partial charge is 0.370 e. The van der Waals surface area contributed by atoms with Gasteiger partial charge in [0.2, 0.25) is 5.91 Å². The van der Waals surface area contributed by atoms with Crippen molar-refractivity contribution in [1.29, 1.82) is 0 Å². The van der Waals surface area contributed by atoms with Gasteiger partial charge in [-0.05, 0) is 48.3 Å². The maximum absolute atomic E-state index is 11.2. The van der Waals surface area contributed by atoms with Crippen LogP contribution >= 0.6 is 11.5 Å². The van der Waals surface area contributed by atoms with Gasteiger partial charge in [0, 0.05) is 23.9 Å². The van der Waals surface area contributed by atoms with E-state index in [0.29, 0.717) is 0 Å². The van der Waals surface area contributed by atoms with E-state index < -0.39 is 0 Å². The van der Waals surface area contributed by atoms with Crippen LogP contribution in [0.1, 0.15) is 17.7 Å². The molecular formula is C17H20N6OS. The van der Waals surface area contributed by atoms with Crippen molar-refractivity contribution in [2.24, 2.45) is 5.73 Å². The van der Waals surface area contributed by atoms with E-state index in [0.717, 1.165) is 54.0 Å². The lowest BCUT2D eigenvalue weighted by molar-refractivity contribution is -0.117. The monoisotopic (exact) mass is 356 g/mol. The second-order valence-electron chi connectivity index (χ2n) is 5.68. The Morgan fingerprint density at radius 1 is 1.20 bits per heavy atom. The number of benzene rings is 1. The summed E-state index contributed by atoms with van der Waals surface area (Å²) in [4.78, 5) is 15.8. The van der Waals surface area contributed by atoms with E-state index in [1.54, 1.807) is 0 Å². The fraction of sp³-hybridized carbons (Fsp3) is 0.294. The van der Waals surface area contributed by atoms with Crippen LogP contribution in [0.2, 0.25) is 0 Å². The first-order valence-corrected chi connectivity index (χ1v) is 8.93. The minimum Gasteiger partial charge on any atom is -0.370 e. The molecule has 0 unspecified atom stereocenters. The van der Waals surface area contributed by atoms with Gasteiger partial charge in [0.05, 0.1) is 17.6 Å². The Morgan fingerprint density at radius 2 is 2.12 bits per heavy atom. The third-order valence-electron chi connectivity index (χ3n) is 3.73. The lowest BCUT2D eigenvalue weighted by Crippen LogP contribution is -2.18. The molecule has 8 heteroatoms. The molecule has 2 heterocycles. The number of carbonyl (C=O) groups is 1. The number of nitrogens with two attached hydrogens (primary N) is 1. The molecule has 7 nitrogen and oxygen atoms in total. The maximum atomic E-state index is 11.2. The number of pyridine rings is 1. The summed E-state index contributed by atoms with van der Waals surface area (Å²) in [5, 5.41) is 13.5. The lowest BCUT2D eigenvalue weighted by atomic mass is 10.1. The Kier molecular flexibility index (Phi) is 5.86. The number of amides is 1. The minimum absolute atomic E-state index is 0.228. The van der Waals surface area contributed by atoms with E-state index in [1.165, 1.54) is 11.5 Å². The van der Waals surface area contributed by atoms with Crippen LogP contribution in [0.15, 0.2) is 35.7 Å². The molecule has 0 aliphatic carbocycles. The quantitative estimate of drug-likeness (QED) is 0.504. The van der Waals surface area contributed by atoms with Crippen molar-refractivity contribution < 1.29 is 4.79 Å². The summed E-state index contributed by atoms with van der Waals surface area (Å²) in [6.07, 6.45) is 1.20. The van der Waals surface area contributed by atoms with Gasteiger partial charge in [-0.1, -0.05) is 16.6 Å². The summed E-state index contributed by atoms with van der Waals surface area (Å²) in [7, 11) is 0. The Balaban J connectivity index is 1.49. The Hall–Kier alpha value is -2.58. The number of hydrogen-bond acceptors (Lipinski definition) is 7. The van der Waals surface area contributed by atoms with Gasteiger partial charge in [0.15, 0.2) is 0 Å².